The Hall–Kier alpha value is -1.29. The number of rotatable bonds is 6. The van der Waals surface area contributed by atoms with Gasteiger partial charge in [-0.3, -0.25) is 10.0 Å². The van der Waals surface area contributed by atoms with Crippen molar-refractivity contribution >= 4 is 19.4 Å². The average molecular weight is 371 g/mol. The molecule has 1 aliphatic heterocycles. The van der Waals surface area contributed by atoms with Crippen LogP contribution < -0.4 is 15.9 Å². The van der Waals surface area contributed by atoms with Crippen LogP contribution in [0.15, 0.2) is 30.5 Å². The molecule has 25 heavy (non-hydrogen) atoms. The normalized spacial score (nSPS) is 28.2. The predicted molar refractivity (Wildman–Crippen MR) is 91.2 cm³/mol. The van der Waals surface area contributed by atoms with Crippen LogP contribution in [0.1, 0.15) is 5.56 Å². The molecule has 0 radical (unpaired) electrons. The van der Waals surface area contributed by atoms with Crippen LogP contribution in [0, 0.1) is 0 Å². The second-order valence-electron chi connectivity index (χ2n) is 5.76. The van der Waals surface area contributed by atoms with Gasteiger partial charge in [0.25, 0.3) is 0 Å². The Morgan fingerprint density at radius 3 is 2.76 bits per heavy atom. The van der Waals surface area contributed by atoms with E-state index >= 15 is 0 Å². The van der Waals surface area contributed by atoms with Gasteiger partial charge >= 0.3 is 8.53 Å². The van der Waals surface area contributed by atoms with Gasteiger partial charge in [0.15, 0.2) is 6.29 Å². The zero-order chi connectivity index (χ0) is 18.0. The molecule has 10 heteroatoms. The maximum Gasteiger partial charge on any atom is 0.341 e. The third kappa shape index (κ3) is 3.94. The van der Waals surface area contributed by atoms with Crippen LogP contribution in [0.2, 0.25) is 0 Å². The molecule has 1 aliphatic rings. The van der Waals surface area contributed by atoms with Crippen LogP contribution >= 0.6 is 8.53 Å². The van der Waals surface area contributed by atoms with Crippen LogP contribution in [0.25, 0.3) is 10.9 Å². The number of hydrogen-bond donors (Lipinski definition) is 5. The number of aliphatic hydroxyl groups excluding tert-OH is 3. The number of nitrogens with two attached hydrogens (primary N) is 2. The minimum Gasteiger partial charge on any atom is -0.388 e. The SMILES string of the molecule is NCCc1cn(OP(N)OC2OC[C@@H](O)[C@@H](O)[C@H]2O)c2ccccc12. The molecule has 0 amide bonds. The van der Waals surface area contributed by atoms with Crippen molar-refractivity contribution < 1.29 is 29.2 Å². The summed E-state index contributed by atoms with van der Waals surface area (Å²) in [6.07, 6.45) is -2.66. The summed E-state index contributed by atoms with van der Waals surface area (Å²) in [6, 6.07) is 7.64. The van der Waals surface area contributed by atoms with Gasteiger partial charge in [0, 0.05) is 11.6 Å². The number of nitrogens with zero attached hydrogens (tertiary/aromatic N) is 1. The first-order valence-corrected chi connectivity index (χ1v) is 9.11. The summed E-state index contributed by atoms with van der Waals surface area (Å²) >= 11 is 0. The van der Waals surface area contributed by atoms with E-state index in [0.29, 0.717) is 13.0 Å². The lowest BCUT2D eigenvalue weighted by Crippen LogP contribution is -2.53. The van der Waals surface area contributed by atoms with E-state index in [2.05, 4.69) is 0 Å². The zero-order valence-corrected chi connectivity index (χ0v) is 14.3. The number of ether oxygens (including phenoxy) is 1. The van der Waals surface area contributed by atoms with Crippen molar-refractivity contribution in [3.05, 3.63) is 36.0 Å². The van der Waals surface area contributed by atoms with Crippen LogP contribution in [-0.2, 0) is 15.7 Å². The molecular formula is C15H22N3O6P. The van der Waals surface area contributed by atoms with Gasteiger partial charge in [0.1, 0.15) is 18.3 Å². The van der Waals surface area contributed by atoms with Crippen molar-refractivity contribution in [2.75, 3.05) is 13.2 Å². The lowest BCUT2D eigenvalue weighted by atomic mass is 10.1. The highest BCUT2D eigenvalue weighted by molar-refractivity contribution is 7.44. The predicted octanol–water partition coefficient (Wildman–Crippen LogP) is -0.788. The fraction of sp³-hybridized carbons (Fsp3) is 0.467. The first-order valence-electron chi connectivity index (χ1n) is 7.86. The summed E-state index contributed by atoms with van der Waals surface area (Å²) < 4.78 is 17.7. The van der Waals surface area contributed by atoms with Crippen LogP contribution in [0.3, 0.4) is 0 Å². The number of para-hydroxylation sites is 1. The molecule has 9 nitrogen and oxygen atoms in total. The molecule has 1 aromatic heterocycles. The van der Waals surface area contributed by atoms with Gasteiger partial charge in [-0.05, 0) is 24.6 Å². The van der Waals surface area contributed by atoms with Crippen LogP contribution in [-0.4, -0.2) is 57.8 Å². The number of benzene rings is 1. The molecule has 0 aliphatic carbocycles. The number of aliphatic hydroxyl groups is 3. The van der Waals surface area contributed by atoms with E-state index in [1.165, 1.54) is 4.73 Å². The molecule has 0 saturated carbocycles. The number of fused-ring (bicyclic) bond motifs is 1. The Morgan fingerprint density at radius 1 is 1.24 bits per heavy atom. The Labute approximate surface area is 145 Å². The van der Waals surface area contributed by atoms with E-state index in [0.717, 1.165) is 16.5 Å². The van der Waals surface area contributed by atoms with Gasteiger partial charge in [-0.15, -0.1) is 0 Å². The summed E-state index contributed by atoms with van der Waals surface area (Å²) in [7, 11) is -1.95. The first kappa shape index (κ1) is 18.5. The summed E-state index contributed by atoms with van der Waals surface area (Å²) in [5.41, 5.74) is 13.4. The molecule has 2 heterocycles. The molecule has 1 aromatic carbocycles. The van der Waals surface area contributed by atoms with E-state index in [4.69, 9.17) is 25.1 Å². The monoisotopic (exact) mass is 371 g/mol. The van der Waals surface area contributed by atoms with E-state index in [-0.39, 0.29) is 6.61 Å². The molecule has 1 fully saturated rings. The Morgan fingerprint density at radius 2 is 2.00 bits per heavy atom. The lowest BCUT2D eigenvalue weighted by Gasteiger charge is -2.35. The number of aromatic nitrogens is 1. The van der Waals surface area contributed by atoms with Gasteiger partial charge in [0.05, 0.1) is 12.1 Å². The van der Waals surface area contributed by atoms with E-state index in [1.807, 2.05) is 24.3 Å². The molecular weight excluding hydrogens is 349 g/mol. The third-order valence-corrected chi connectivity index (χ3v) is 4.76. The molecule has 0 bridgehead atoms. The molecule has 5 atom stereocenters. The maximum absolute atomic E-state index is 9.89. The highest BCUT2D eigenvalue weighted by atomic mass is 31.2. The van der Waals surface area contributed by atoms with Gasteiger partial charge in [-0.1, -0.05) is 18.2 Å². The van der Waals surface area contributed by atoms with Crippen LogP contribution in [0.5, 0.6) is 0 Å². The van der Waals surface area contributed by atoms with Gasteiger partial charge < -0.3 is 30.4 Å². The second kappa shape index (κ2) is 7.94. The maximum atomic E-state index is 9.89. The quantitative estimate of drug-likeness (QED) is 0.416. The van der Waals surface area contributed by atoms with Crippen molar-refractivity contribution in [3.63, 3.8) is 0 Å². The van der Waals surface area contributed by atoms with E-state index in [9.17, 15) is 15.3 Å². The van der Waals surface area contributed by atoms with Crippen molar-refractivity contribution in [2.24, 2.45) is 11.2 Å². The van der Waals surface area contributed by atoms with Crippen molar-refractivity contribution in [2.45, 2.75) is 31.0 Å². The Bertz CT molecular complexity index is 714. The summed E-state index contributed by atoms with van der Waals surface area (Å²) in [5.74, 6) is 0. The molecule has 3 rings (SSSR count). The second-order valence-corrected chi connectivity index (χ2v) is 6.70. The number of hydrogen-bond acceptors (Lipinski definition) is 8. The molecule has 2 unspecified atom stereocenters. The summed E-state index contributed by atoms with van der Waals surface area (Å²) in [6.45, 7) is 0.337. The highest BCUT2D eigenvalue weighted by Gasteiger charge is 2.39. The minimum absolute atomic E-state index is 0.167. The standard InChI is InChI=1S/C15H22N3O6P/c16-6-5-9-7-18(11-4-2-1-3-10(9)11)24-25(17)23-15-14(21)13(20)12(19)8-22-15/h1-4,7,12-15,19-21H,5-6,8,16-17H2/t12-,13-,14-,15?,25?/m1/s1. The van der Waals surface area contributed by atoms with Crippen molar-refractivity contribution in [1.82, 2.24) is 4.73 Å². The Balaban J connectivity index is 1.71. The topological polar surface area (TPSA) is 145 Å². The average Bonchev–Trinajstić information content (AvgIpc) is 2.94. The van der Waals surface area contributed by atoms with Crippen LogP contribution in [0.4, 0.5) is 0 Å². The fourth-order valence-electron chi connectivity index (χ4n) is 2.72. The summed E-state index contributed by atoms with van der Waals surface area (Å²) in [5, 5.41) is 30.0. The largest absolute Gasteiger partial charge is 0.388 e. The smallest absolute Gasteiger partial charge is 0.341 e. The fourth-order valence-corrected chi connectivity index (χ4v) is 3.46. The lowest BCUT2D eigenvalue weighted by molar-refractivity contribution is -0.242. The molecule has 138 valence electrons. The highest BCUT2D eigenvalue weighted by Crippen LogP contribution is 2.33. The van der Waals surface area contributed by atoms with Crippen molar-refractivity contribution in [1.29, 1.82) is 0 Å². The minimum atomic E-state index is -1.95. The van der Waals surface area contributed by atoms with E-state index in [1.54, 1.807) is 6.20 Å². The molecule has 0 spiro atoms. The van der Waals surface area contributed by atoms with Gasteiger partial charge in [-0.25, -0.2) is 0 Å². The molecule has 7 N–H and O–H groups in total. The van der Waals surface area contributed by atoms with Gasteiger partial charge in [-0.2, -0.15) is 4.73 Å². The third-order valence-electron chi connectivity index (χ3n) is 4.00. The molecule has 1 saturated heterocycles. The summed E-state index contributed by atoms with van der Waals surface area (Å²) in [4.78, 5) is 0. The Kier molecular flexibility index (Phi) is 5.88. The first-order chi connectivity index (χ1) is 12.0. The van der Waals surface area contributed by atoms with Crippen molar-refractivity contribution in [3.8, 4) is 0 Å². The van der Waals surface area contributed by atoms with E-state index < -0.39 is 33.1 Å². The molecule has 2 aromatic rings. The zero-order valence-electron chi connectivity index (χ0n) is 13.4. The van der Waals surface area contributed by atoms with Gasteiger partial charge in [0.2, 0.25) is 0 Å².